The minimum atomic E-state index is -5.20. The van der Waals surface area contributed by atoms with Crippen LogP contribution < -0.4 is 5.32 Å². The van der Waals surface area contributed by atoms with Crippen molar-refractivity contribution in [1.29, 1.82) is 0 Å². The Bertz CT molecular complexity index is 1290. The van der Waals surface area contributed by atoms with Crippen LogP contribution in [0.3, 0.4) is 0 Å². The predicted octanol–water partition coefficient (Wildman–Crippen LogP) is 5.67. The maximum absolute atomic E-state index is 14.3. The van der Waals surface area contributed by atoms with Crippen LogP contribution in [-0.4, -0.2) is 32.0 Å². The summed E-state index contributed by atoms with van der Waals surface area (Å²) in [6.07, 6.45) is -5.06. The minimum absolute atomic E-state index is 0.0914. The Morgan fingerprint density at radius 2 is 1.85 bits per heavy atom. The Hall–Kier alpha value is -2.79. The number of aromatic nitrogens is 2. The zero-order valence-electron chi connectivity index (χ0n) is 17.0. The highest BCUT2D eigenvalue weighted by Crippen LogP contribution is 2.55. The number of nitrogens with zero attached hydrogens (tertiary/aromatic N) is 2. The molecule has 4 rings (SSSR count). The van der Waals surface area contributed by atoms with E-state index in [4.69, 9.17) is 11.6 Å². The third kappa shape index (κ3) is 3.54. The molecule has 0 radical (unpaired) electrons. The molecule has 12 heteroatoms. The van der Waals surface area contributed by atoms with Gasteiger partial charge in [-0.05, 0) is 30.9 Å². The number of anilines is 1. The molecule has 5 nitrogen and oxygen atoms in total. The number of hydrogen-bond acceptors (Lipinski definition) is 5. The fourth-order valence-corrected chi connectivity index (χ4v) is 4.52. The number of hydrogen-bond donors (Lipinski definition) is 3. The average Bonchev–Trinajstić information content (AvgIpc) is 2.71. The first-order valence-corrected chi connectivity index (χ1v) is 10.0. The Balaban J connectivity index is 1.99. The SMILES string of the molecule is Cc1ncc2c(NC3c4cc(Cl)c(F)c(O)c4C(C)CC3(O)C(F)(F)F)cc(F)c(F)c2n1. The lowest BCUT2D eigenvalue weighted by atomic mass is 9.70. The first-order valence-electron chi connectivity index (χ1n) is 9.64. The number of rotatable bonds is 2. The number of benzene rings is 2. The van der Waals surface area contributed by atoms with Gasteiger partial charge >= 0.3 is 6.18 Å². The van der Waals surface area contributed by atoms with Crippen molar-refractivity contribution in [1.82, 2.24) is 9.97 Å². The molecule has 3 unspecified atom stereocenters. The number of phenols is 1. The molecule has 0 spiro atoms. The number of halogens is 7. The number of phenolic OH excluding ortho intramolecular Hbond substituents is 1. The minimum Gasteiger partial charge on any atom is -0.505 e. The number of aryl methyl sites for hydroxylation is 1. The van der Waals surface area contributed by atoms with Crippen LogP contribution in [0.25, 0.3) is 10.9 Å². The van der Waals surface area contributed by atoms with Gasteiger partial charge in [0.05, 0.1) is 11.1 Å². The average molecular weight is 492 g/mol. The fraction of sp³-hybridized carbons (Fsp3) is 0.333. The van der Waals surface area contributed by atoms with Crippen LogP contribution in [-0.2, 0) is 0 Å². The standard InChI is InChI=1S/C21H16ClF6N3O2/c1-7-5-20(33,21(26,27)28)19(9-3-11(22)15(24)18(32)14(7)9)31-13-4-12(23)16(25)17-10(13)6-29-8(2)30-17/h3-4,6-7,19,31-33H,5H2,1-2H3. The first kappa shape index (κ1) is 23.4. The van der Waals surface area contributed by atoms with Crippen LogP contribution >= 0.6 is 11.6 Å². The second-order valence-electron chi connectivity index (χ2n) is 8.03. The molecule has 0 fully saturated rings. The number of alkyl halides is 3. The molecule has 3 N–H and O–H groups in total. The van der Waals surface area contributed by atoms with Crippen molar-refractivity contribution in [3.05, 3.63) is 57.8 Å². The van der Waals surface area contributed by atoms with E-state index >= 15 is 0 Å². The van der Waals surface area contributed by atoms with E-state index in [0.29, 0.717) is 6.07 Å². The van der Waals surface area contributed by atoms with Crippen molar-refractivity contribution in [2.45, 2.75) is 44.0 Å². The van der Waals surface area contributed by atoms with Crippen LogP contribution in [0.5, 0.6) is 5.75 Å². The van der Waals surface area contributed by atoms with Crippen LogP contribution in [0.1, 0.15) is 42.3 Å². The largest absolute Gasteiger partial charge is 0.505 e. The third-order valence-corrected chi connectivity index (χ3v) is 6.12. The van der Waals surface area contributed by atoms with E-state index in [-0.39, 0.29) is 28.0 Å². The summed E-state index contributed by atoms with van der Waals surface area (Å²) >= 11 is 5.78. The first-order chi connectivity index (χ1) is 15.3. The third-order valence-electron chi connectivity index (χ3n) is 5.84. The highest BCUT2D eigenvalue weighted by atomic mass is 35.5. The lowest BCUT2D eigenvalue weighted by Crippen LogP contribution is -2.55. The molecule has 1 heterocycles. The molecule has 0 saturated carbocycles. The molecule has 2 aromatic carbocycles. The second kappa shape index (κ2) is 7.63. The van der Waals surface area contributed by atoms with E-state index in [0.717, 1.165) is 12.3 Å². The topological polar surface area (TPSA) is 78.3 Å². The molecular formula is C21H16ClF6N3O2. The molecule has 0 aliphatic heterocycles. The van der Waals surface area contributed by atoms with Crippen molar-refractivity contribution >= 4 is 28.2 Å². The van der Waals surface area contributed by atoms with E-state index in [9.17, 15) is 36.6 Å². The smallest absolute Gasteiger partial charge is 0.419 e. The van der Waals surface area contributed by atoms with Gasteiger partial charge in [-0.1, -0.05) is 18.5 Å². The molecule has 3 aromatic rings. The molecule has 0 amide bonds. The molecule has 1 aliphatic rings. The highest BCUT2D eigenvalue weighted by Gasteiger charge is 2.62. The number of nitrogens with one attached hydrogen (secondary N) is 1. The monoisotopic (exact) mass is 491 g/mol. The number of aliphatic hydroxyl groups is 1. The number of aromatic hydroxyl groups is 1. The van der Waals surface area contributed by atoms with Gasteiger partial charge in [0.25, 0.3) is 0 Å². The Morgan fingerprint density at radius 1 is 1.18 bits per heavy atom. The molecule has 3 atom stereocenters. The van der Waals surface area contributed by atoms with E-state index in [1.807, 2.05) is 0 Å². The lowest BCUT2D eigenvalue weighted by Gasteiger charge is -2.45. The maximum atomic E-state index is 14.3. The molecule has 33 heavy (non-hydrogen) atoms. The summed E-state index contributed by atoms with van der Waals surface area (Å²) in [6, 6.07) is -0.601. The van der Waals surface area contributed by atoms with Crippen molar-refractivity contribution in [3.8, 4) is 5.75 Å². The molecular weight excluding hydrogens is 476 g/mol. The van der Waals surface area contributed by atoms with Gasteiger partial charge < -0.3 is 15.5 Å². The van der Waals surface area contributed by atoms with Gasteiger partial charge in [-0.3, -0.25) is 0 Å². The lowest BCUT2D eigenvalue weighted by molar-refractivity contribution is -0.272. The Kier molecular flexibility index (Phi) is 5.40. The van der Waals surface area contributed by atoms with Gasteiger partial charge in [0.2, 0.25) is 0 Å². The summed E-state index contributed by atoms with van der Waals surface area (Å²) in [4.78, 5) is 7.69. The second-order valence-corrected chi connectivity index (χ2v) is 8.44. The molecule has 1 aromatic heterocycles. The highest BCUT2D eigenvalue weighted by molar-refractivity contribution is 6.31. The van der Waals surface area contributed by atoms with E-state index in [2.05, 4.69) is 15.3 Å². The quantitative estimate of drug-likeness (QED) is 0.403. The summed E-state index contributed by atoms with van der Waals surface area (Å²) in [5.41, 5.74) is -4.80. The van der Waals surface area contributed by atoms with E-state index in [1.165, 1.54) is 13.8 Å². The van der Waals surface area contributed by atoms with Gasteiger partial charge in [-0.15, -0.1) is 0 Å². The van der Waals surface area contributed by atoms with Gasteiger partial charge in [0.1, 0.15) is 11.3 Å². The van der Waals surface area contributed by atoms with E-state index in [1.54, 1.807) is 0 Å². The van der Waals surface area contributed by atoms with Crippen LogP contribution in [0, 0.1) is 24.4 Å². The van der Waals surface area contributed by atoms with Gasteiger partial charge in [0.15, 0.2) is 28.8 Å². The zero-order valence-corrected chi connectivity index (χ0v) is 17.8. The van der Waals surface area contributed by atoms with Gasteiger partial charge in [0, 0.05) is 28.9 Å². The Labute approximate surface area is 188 Å². The fourth-order valence-electron chi connectivity index (χ4n) is 4.31. The molecule has 1 aliphatic carbocycles. The Morgan fingerprint density at radius 3 is 2.48 bits per heavy atom. The summed E-state index contributed by atoms with van der Waals surface area (Å²) in [6.45, 7) is 2.69. The van der Waals surface area contributed by atoms with Crippen molar-refractivity contribution in [3.63, 3.8) is 0 Å². The van der Waals surface area contributed by atoms with Crippen molar-refractivity contribution < 1.29 is 36.6 Å². The van der Waals surface area contributed by atoms with E-state index < -0.39 is 63.9 Å². The maximum Gasteiger partial charge on any atom is 0.419 e. The van der Waals surface area contributed by atoms with Crippen molar-refractivity contribution in [2.75, 3.05) is 5.32 Å². The number of fused-ring (bicyclic) bond motifs is 2. The molecule has 0 bridgehead atoms. The van der Waals surface area contributed by atoms with Crippen LogP contribution in [0.15, 0.2) is 18.3 Å². The summed E-state index contributed by atoms with van der Waals surface area (Å²) in [5.74, 6) is -5.93. The summed E-state index contributed by atoms with van der Waals surface area (Å²) in [7, 11) is 0. The summed E-state index contributed by atoms with van der Waals surface area (Å²) < 4.78 is 85.2. The van der Waals surface area contributed by atoms with Crippen LogP contribution in [0.4, 0.5) is 32.0 Å². The van der Waals surface area contributed by atoms with Crippen LogP contribution in [0.2, 0.25) is 5.02 Å². The van der Waals surface area contributed by atoms with Gasteiger partial charge in [-0.25, -0.2) is 23.1 Å². The molecule has 0 saturated heterocycles. The molecule has 176 valence electrons. The normalized spacial score (nSPS) is 23.0. The van der Waals surface area contributed by atoms with Gasteiger partial charge in [-0.2, -0.15) is 13.2 Å². The summed E-state index contributed by atoms with van der Waals surface area (Å²) in [5, 5.41) is 22.7. The van der Waals surface area contributed by atoms with Crippen molar-refractivity contribution in [2.24, 2.45) is 0 Å². The predicted molar refractivity (Wildman–Crippen MR) is 108 cm³/mol. The zero-order chi connectivity index (χ0) is 24.5.